The average molecular weight is 235 g/mol. The molecule has 1 aromatic heterocycles. The van der Waals surface area contributed by atoms with Gasteiger partial charge in [0.15, 0.2) is 0 Å². The number of nitrogens with one attached hydrogen (secondary N) is 1. The Labute approximate surface area is 103 Å². The van der Waals surface area contributed by atoms with Crippen molar-refractivity contribution in [3.8, 4) is 0 Å². The normalized spacial score (nSPS) is 17.2. The maximum absolute atomic E-state index is 11.7. The fourth-order valence-electron chi connectivity index (χ4n) is 2.06. The maximum Gasteiger partial charge on any atom is 0.223 e. The smallest absolute Gasteiger partial charge is 0.223 e. The number of carbonyl (C=O) groups is 1. The summed E-state index contributed by atoms with van der Waals surface area (Å²) < 4.78 is 2.11. The van der Waals surface area contributed by atoms with E-state index in [0.717, 1.165) is 12.8 Å². The molecule has 4 heteroatoms. The van der Waals surface area contributed by atoms with Gasteiger partial charge in [0.2, 0.25) is 5.91 Å². The van der Waals surface area contributed by atoms with Crippen LogP contribution in [-0.2, 0) is 11.8 Å². The van der Waals surface area contributed by atoms with Gasteiger partial charge in [0.1, 0.15) is 0 Å². The van der Waals surface area contributed by atoms with Gasteiger partial charge in [-0.25, -0.2) is 0 Å². The van der Waals surface area contributed by atoms with E-state index >= 15 is 0 Å². The van der Waals surface area contributed by atoms with Gasteiger partial charge in [-0.1, -0.05) is 0 Å². The minimum Gasteiger partial charge on any atom is -0.354 e. The van der Waals surface area contributed by atoms with E-state index in [4.69, 9.17) is 0 Å². The zero-order valence-corrected chi connectivity index (χ0v) is 10.8. The van der Waals surface area contributed by atoms with Crippen LogP contribution in [0.4, 0.5) is 0 Å². The summed E-state index contributed by atoms with van der Waals surface area (Å²) in [5.74, 6) is 0.497. The quantitative estimate of drug-likeness (QED) is 0.831. The summed E-state index contributed by atoms with van der Waals surface area (Å²) in [6.07, 6.45) is 4.15. The minimum atomic E-state index is 0.214. The molecule has 17 heavy (non-hydrogen) atoms. The third-order valence-corrected chi connectivity index (χ3v) is 3.37. The van der Waals surface area contributed by atoms with Crippen LogP contribution >= 0.6 is 0 Å². The zero-order chi connectivity index (χ0) is 12.4. The van der Waals surface area contributed by atoms with Gasteiger partial charge < -0.3 is 9.88 Å². The standard InChI is InChI=1S/C13H21N3O/c1-15(2)12(11-5-4-8-16(11)3)9-14-13(17)10-6-7-10/h4-5,8,10,12H,6-7,9H2,1-3H3,(H,14,17). The molecular weight excluding hydrogens is 214 g/mol. The van der Waals surface area contributed by atoms with Crippen molar-refractivity contribution in [1.82, 2.24) is 14.8 Å². The number of hydrogen-bond acceptors (Lipinski definition) is 2. The Balaban J connectivity index is 1.97. The van der Waals surface area contributed by atoms with Crippen LogP contribution in [0.5, 0.6) is 0 Å². The van der Waals surface area contributed by atoms with Crippen molar-refractivity contribution in [1.29, 1.82) is 0 Å². The van der Waals surface area contributed by atoms with E-state index < -0.39 is 0 Å². The molecule has 94 valence electrons. The Hall–Kier alpha value is -1.29. The van der Waals surface area contributed by atoms with Crippen LogP contribution in [0.2, 0.25) is 0 Å². The number of aromatic nitrogens is 1. The molecule has 1 amide bonds. The predicted molar refractivity (Wildman–Crippen MR) is 67.6 cm³/mol. The van der Waals surface area contributed by atoms with Crippen LogP contribution in [0.15, 0.2) is 18.3 Å². The largest absolute Gasteiger partial charge is 0.354 e. The van der Waals surface area contributed by atoms with Crippen molar-refractivity contribution >= 4 is 5.91 Å². The van der Waals surface area contributed by atoms with Crippen molar-refractivity contribution < 1.29 is 4.79 Å². The molecule has 0 bridgehead atoms. The molecule has 0 aromatic carbocycles. The molecule has 0 spiro atoms. The zero-order valence-electron chi connectivity index (χ0n) is 10.8. The number of likely N-dealkylation sites (N-methyl/N-ethyl adjacent to an activating group) is 1. The van der Waals surface area contributed by atoms with E-state index in [-0.39, 0.29) is 17.9 Å². The molecule has 0 saturated heterocycles. The topological polar surface area (TPSA) is 37.3 Å². The molecule has 0 aliphatic heterocycles. The van der Waals surface area contributed by atoms with E-state index in [2.05, 4.69) is 20.9 Å². The second kappa shape index (κ2) is 4.92. The van der Waals surface area contributed by atoms with Gasteiger partial charge in [0.25, 0.3) is 0 Å². The summed E-state index contributed by atoms with van der Waals surface area (Å²) >= 11 is 0. The van der Waals surface area contributed by atoms with Crippen LogP contribution in [0.3, 0.4) is 0 Å². The highest BCUT2D eigenvalue weighted by atomic mass is 16.2. The van der Waals surface area contributed by atoms with E-state index in [1.54, 1.807) is 0 Å². The molecule has 1 heterocycles. The summed E-state index contributed by atoms with van der Waals surface area (Å²) in [4.78, 5) is 13.8. The van der Waals surface area contributed by atoms with Gasteiger partial charge in [-0.3, -0.25) is 9.69 Å². The molecule has 1 aromatic rings. The highest BCUT2D eigenvalue weighted by molar-refractivity contribution is 5.80. The predicted octanol–water partition coefficient (Wildman–Crippen LogP) is 1.15. The van der Waals surface area contributed by atoms with Crippen LogP contribution in [0.1, 0.15) is 24.6 Å². The first-order chi connectivity index (χ1) is 8.09. The first-order valence-electron chi connectivity index (χ1n) is 6.15. The van der Waals surface area contributed by atoms with Gasteiger partial charge >= 0.3 is 0 Å². The highest BCUT2D eigenvalue weighted by Gasteiger charge is 2.30. The number of nitrogens with zero attached hydrogens (tertiary/aromatic N) is 2. The maximum atomic E-state index is 11.7. The number of aryl methyl sites for hydroxylation is 1. The van der Waals surface area contributed by atoms with Crippen molar-refractivity contribution in [2.45, 2.75) is 18.9 Å². The lowest BCUT2D eigenvalue weighted by molar-refractivity contribution is -0.122. The van der Waals surface area contributed by atoms with E-state index in [1.165, 1.54) is 5.69 Å². The molecule has 1 N–H and O–H groups in total. The molecule has 1 saturated carbocycles. The summed E-state index contributed by atoms with van der Waals surface area (Å²) in [7, 11) is 6.12. The molecule has 0 radical (unpaired) electrons. The monoisotopic (exact) mass is 235 g/mol. The van der Waals surface area contributed by atoms with Crippen LogP contribution in [0, 0.1) is 5.92 Å². The first kappa shape index (κ1) is 12.2. The van der Waals surface area contributed by atoms with Gasteiger partial charge in [-0.15, -0.1) is 0 Å². The summed E-state index contributed by atoms with van der Waals surface area (Å²) in [5.41, 5.74) is 1.23. The molecule has 1 aliphatic carbocycles. The molecule has 1 atom stereocenters. The second-order valence-electron chi connectivity index (χ2n) is 5.04. The average Bonchev–Trinajstić information content (AvgIpc) is 3.04. The SMILES string of the molecule is CN(C)C(CNC(=O)C1CC1)c1cccn1C. The van der Waals surface area contributed by atoms with Crippen LogP contribution in [0.25, 0.3) is 0 Å². The van der Waals surface area contributed by atoms with Crippen molar-refractivity contribution in [3.63, 3.8) is 0 Å². The van der Waals surface area contributed by atoms with Crippen molar-refractivity contribution in [2.24, 2.45) is 13.0 Å². The first-order valence-corrected chi connectivity index (χ1v) is 6.15. The molecule has 4 nitrogen and oxygen atoms in total. The Morgan fingerprint density at radius 1 is 1.59 bits per heavy atom. The Morgan fingerprint density at radius 3 is 2.76 bits per heavy atom. The number of amides is 1. The second-order valence-corrected chi connectivity index (χ2v) is 5.04. The molecule has 1 unspecified atom stereocenters. The van der Waals surface area contributed by atoms with Crippen LogP contribution in [-0.4, -0.2) is 36.0 Å². The number of rotatable bonds is 5. The lowest BCUT2D eigenvalue weighted by atomic mass is 10.2. The number of hydrogen-bond donors (Lipinski definition) is 1. The Bertz CT molecular complexity index is 393. The van der Waals surface area contributed by atoms with Crippen molar-refractivity contribution in [2.75, 3.05) is 20.6 Å². The van der Waals surface area contributed by atoms with Gasteiger partial charge in [0, 0.05) is 31.4 Å². The van der Waals surface area contributed by atoms with Gasteiger partial charge in [-0.2, -0.15) is 0 Å². The highest BCUT2D eigenvalue weighted by Crippen LogP contribution is 2.29. The molecule has 1 fully saturated rings. The summed E-state index contributed by atoms with van der Waals surface area (Å²) in [6.45, 7) is 0.681. The Kier molecular flexibility index (Phi) is 3.52. The summed E-state index contributed by atoms with van der Waals surface area (Å²) in [6, 6.07) is 4.38. The lowest BCUT2D eigenvalue weighted by Gasteiger charge is -2.25. The van der Waals surface area contributed by atoms with Gasteiger partial charge in [-0.05, 0) is 39.1 Å². The van der Waals surface area contributed by atoms with E-state index in [9.17, 15) is 4.79 Å². The summed E-state index contributed by atoms with van der Waals surface area (Å²) in [5, 5.41) is 3.05. The van der Waals surface area contributed by atoms with E-state index in [0.29, 0.717) is 6.54 Å². The fourth-order valence-corrected chi connectivity index (χ4v) is 2.06. The molecule has 1 aliphatic rings. The molecular formula is C13H21N3O. The van der Waals surface area contributed by atoms with E-state index in [1.807, 2.05) is 33.4 Å². The Morgan fingerprint density at radius 2 is 2.29 bits per heavy atom. The fraction of sp³-hybridized carbons (Fsp3) is 0.615. The third-order valence-electron chi connectivity index (χ3n) is 3.37. The lowest BCUT2D eigenvalue weighted by Crippen LogP contribution is -2.36. The van der Waals surface area contributed by atoms with Crippen LogP contribution < -0.4 is 5.32 Å². The number of carbonyl (C=O) groups excluding carboxylic acids is 1. The van der Waals surface area contributed by atoms with Gasteiger partial charge in [0.05, 0.1) is 6.04 Å². The van der Waals surface area contributed by atoms with Crippen molar-refractivity contribution in [3.05, 3.63) is 24.0 Å². The molecule has 2 rings (SSSR count). The third kappa shape index (κ3) is 2.88. The minimum absolute atomic E-state index is 0.214.